The van der Waals surface area contributed by atoms with Crippen molar-refractivity contribution in [2.45, 2.75) is 20.5 Å². The molecule has 7 nitrogen and oxygen atoms in total. The van der Waals surface area contributed by atoms with Gasteiger partial charge in [0.05, 0.1) is 10.7 Å². The lowest BCUT2D eigenvalue weighted by atomic mass is 10.2. The third-order valence-corrected chi connectivity index (χ3v) is 5.03. The Morgan fingerprint density at radius 1 is 1.09 bits per heavy atom. The summed E-state index contributed by atoms with van der Waals surface area (Å²) in [7, 11) is 0. The Balaban J connectivity index is 1.49. The van der Waals surface area contributed by atoms with Crippen LogP contribution in [0.2, 0.25) is 0 Å². The Morgan fingerprint density at radius 3 is 2.62 bits per heavy atom. The molecule has 0 radical (unpaired) electrons. The number of nitrogens with one attached hydrogen (secondary N) is 2. The zero-order chi connectivity index (χ0) is 22.8. The Morgan fingerprint density at radius 2 is 1.91 bits per heavy atom. The monoisotopic (exact) mass is 451 g/mol. The van der Waals surface area contributed by atoms with E-state index in [2.05, 4.69) is 15.6 Å². The summed E-state index contributed by atoms with van der Waals surface area (Å²) >= 11 is 1.59. The molecule has 0 spiro atoms. The first-order valence-electron chi connectivity index (χ1n) is 10.1. The van der Waals surface area contributed by atoms with Crippen molar-refractivity contribution < 1.29 is 19.1 Å². The number of thiazole rings is 1. The average molecular weight is 452 g/mol. The van der Waals surface area contributed by atoms with Crippen LogP contribution in [0, 0.1) is 6.92 Å². The summed E-state index contributed by atoms with van der Waals surface area (Å²) in [6.07, 6.45) is 3.18. The second-order valence-electron chi connectivity index (χ2n) is 6.81. The van der Waals surface area contributed by atoms with Crippen molar-refractivity contribution >= 4 is 34.9 Å². The second-order valence-corrected chi connectivity index (χ2v) is 7.87. The van der Waals surface area contributed by atoms with Crippen molar-refractivity contribution in [3.63, 3.8) is 0 Å². The van der Waals surface area contributed by atoms with E-state index in [0.717, 1.165) is 16.3 Å². The van der Waals surface area contributed by atoms with Crippen LogP contribution in [-0.2, 0) is 16.2 Å². The number of hydrogen-bond acceptors (Lipinski definition) is 6. The minimum atomic E-state index is -0.259. The molecule has 2 N–H and O–H groups in total. The Labute approximate surface area is 191 Å². The van der Waals surface area contributed by atoms with Crippen LogP contribution in [0.3, 0.4) is 0 Å². The van der Waals surface area contributed by atoms with Crippen LogP contribution in [0.25, 0.3) is 6.08 Å². The summed E-state index contributed by atoms with van der Waals surface area (Å²) in [5, 5.41) is 8.43. The van der Waals surface area contributed by atoms with Gasteiger partial charge in [-0.25, -0.2) is 4.98 Å². The third kappa shape index (κ3) is 7.55. The molecule has 0 aliphatic heterocycles. The molecule has 0 saturated heterocycles. The first-order valence-corrected chi connectivity index (χ1v) is 11.0. The van der Waals surface area contributed by atoms with Gasteiger partial charge < -0.3 is 20.1 Å². The molecule has 0 unspecified atom stereocenters. The molecular formula is C24H25N3O4S. The highest BCUT2D eigenvalue weighted by atomic mass is 32.1. The van der Waals surface area contributed by atoms with Gasteiger partial charge in [0, 0.05) is 23.7 Å². The number of amides is 2. The molecule has 8 heteroatoms. The van der Waals surface area contributed by atoms with Gasteiger partial charge in [0.15, 0.2) is 6.61 Å². The number of carbonyl (C=O) groups excluding carboxylic acids is 2. The van der Waals surface area contributed by atoms with Crippen LogP contribution in [0.1, 0.15) is 23.2 Å². The SMILES string of the molecule is CCNC(=O)COc1ccc(NC(=O)/C=C/c2cccc(OCc3csc(C)n3)c2)cc1. The number of anilines is 1. The lowest BCUT2D eigenvalue weighted by Gasteiger charge is -2.07. The zero-order valence-corrected chi connectivity index (χ0v) is 18.8. The fourth-order valence-corrected chi connectivity index (χ4v) is 3.32. The number of ether oxygens (including phenoxy) is 2. The van der Waals surface area contributed by atoms with Crippen molar-refractivity contribution in [3.8, 4) is 11.5 Å². The van der Waals surface area contributed by atoms with Crippen LogP contribution < -0.4 is 20.1 Å². The number of likely N-dealkylation sites (N-methyl/N-ethyl adjacent to an activating group) is 1. The molecule has 0 saturated carbocycles. The van der Waals surface area contributed by atoms with E-state index in [-0.39, 0.29) is 18.4 Å². The minimum absolute atomic E-state index is 0.0471. The fourth-order valence-electron chi connectivity index (χ4n) is 2.73. The van der Waals surface area contributed by atoms with E-state index in [1.165, 1.54) is 6.08 Å². The van der Waals surface area contributed by atoms with Crippen LogP contribution in [0.4, 0.5) is 5.69 Å². The highest BCUT2D eigenvalue weighted by molar-refractivity contribution is 7.09. The van der Waals surface area contributed by atoms with Crippen molar-refractivity contribution in [3.05, 3.63) is 76.3 Å². The van der Waals surface area contributed by atoms with Crippen LogP contribution in [-0.4, -0.2) is 29.9 Å². The summed E-state index contributed by atoms with van der Waals surface area (Å²) in [4.78, 5) is 28.0. The van der Waals surface area contributed by atoms with Crippen LogP contribution >= 0.6 is 11.3 Å². The summed E-state index contributed by atoms with van der Waals surface area (Å²) in [5.74, 6) is 0.823. The number of hydrogen-bond donors (Lipinski definition) is 2. The van der Waals surface area contributed by atoms with Gasteiger partial charge in [0.2, 0.25) is 5.91 Å². The summed E-state index contributed by atoms with van der Waals surface area (Å²) < 4.78 is 11.2. The van der Waals surface area contributed by atoms with E-state index in [4.69, 9.17) is 9.47 Å². The topological polar surface area (TPSA) is 89.6 Å². The number of aromatic nitrogens is 1. The predicted octanol–water partition coefficient (Wildman–Crippen LogP) is 4.20. The average Bonchev–Trinajstić information content (AvgIpc) is 3.21. The number of rotatable bonds is 10. The van der Waals surface area contributed by atoms with Crippen LogP contribution in [0.5, 0.6) is 11.5 Å². The predicted molar refractivity (Wildman–Crippen MR) is 126 cm³/mol. The lowest BCUT2D eigenvalue weighted by Crippen LogP contribution is -2.28. The van der Waals surface area contributed by atoms with Gasteiger partial charge in [-0.2, -0.15) is 0 Å². The van der Waals surface area contributed by atoms with Gasteiger partial charge in [-0.15, -0.1) is 11.3 Å². The standard InChI is InChI=1S/C24H25N3O4S/c1-3-25-24(29)15-31-21-10-8-19(9-11-21)27-23(28)12-7-18-5-4-6-22(13-18)30-14-20-16-32-17(2)26-20/h4-13,16H,3,14-15H2,1-2H3,(H,25,29)(H,27,28)/b12-7+. The Kier molecular flexibility index (Phi) is 8.39. The Hall–Kier alpha value is -3.65. The molecule has 0 aliphatic carbocycles. The number of nitrogens with zero attached hydrogens (tertiary/aromatic N) is 1. The molecule has 0 aliphatic rings. The number of carbonyl (C=O) groups is 2. The van der Waals surface area contributed by atoms with Gasteiger partial charge in [0.25, 0.3) is 5.91 Å². The summed E-state index contributed by atoms with van der Waals surface area (Å²) in [6, 6.07) is 14.3. The summed E-state index contributed by atoms with van der Waals surface area (Å²) in [6.45, 7) is 4.72. The highest BCUT2D eigenvalue weighted by Crippen LogP contribution is 2.18. The van der Waals surface area contributed by atoms with E-state index in [9.17, 15) is 9.59 Å². The molecule has 1 aromatic heterocycles. The van der Waals surface area contributed by atoms with E-state index >= 15 is 0 Å². The van der Waals surface area contributed by atoms with Gasteiger partial charge in [-0.05, 0) is 61.9 Å². The van der Waals surface area contributed by atoms with Gasteiger partial charge in [0.1, 0.15) is 18.1 Å². The maximum atomic E-state index is 12.2. The molecule has 32 heavy (non-hydrogen) atoms. The highest BCUT2D eigenvalue weighted by Gasteiger charge is 2.03. The molecule has 2 aromatic carbocycles. The molecular weight excluding hydrogens is 426 g/mol. The molecule has 1 heterocycles. The first-order chi connectivity index (χ1) is 15.5. The quantitative estimate of drug-likeness (QED) is 0.451. The van der Waals surface area contributed by atoms with Crippen molar-refractivity contribution in [1.29, 1.82) is 0 Å². The molecule has 3 rings (SSSR count). The fraction of sp³-hybridized carbons (Fsp3) is 0.208. The van der Waals surface area contributed by atoms with Crippen molar-refractivity contribution in [2.24, 2.45) is 0 Å². The number of aryl methyl sites for hydroxylation is 1. The maximum Gasteiger partial charge on any atom is 0.257 e. The van der Waals surface area contributed by atoms with Gasteiger partial charge in [-0.1, -0.05) is 12.1 Å². The van der Waals surface area contributed by atoms with E-state index in [1.54, 1.807) is 41.7 Å². The van der Waals surface area contributed by atoms with Crippen molar-refractivity contribution in [1.82, 2.24) is 10.3 Å². The van der Waals surface area contributed by atoms with Gasteiger partial charge in [-0.3, -0.25) is 9.59 Å². The largest absolute Gasteiger partial charge is 0.487 e. The molecule has 2 amide bonds. The smallest absolute Gasteiger partial charge is 0.257 e. The Bertz CT molecular complexity index is 1080. The second kappa shape index (κ2) is 11.7. The van der Waals surface area contributed by atoms with E-state index in [1.807, 2.05) is 43.5 Å². The van der Waals surface area contributed by atoms with E-state index in [0.29, 0.717) is 30.3 Å². The van der Waals surface area contributed by atoms with Gasteiger partial charge >= 0.3 is 0 Å². The molecule has 0 atom stereocenters. The zero-order valence-electron chi connectivity index (χ0n) is 18.0. The molecule has 0 bridgehead atoms. The molecule has 166 valence electrons. The van der Waals surface area contributed by atoms with E-state index < -0.39 is 0 Å². The number of benzene rings is 2. The summed E-state index contributed by atoms with van der Waals surface area (Å²) in [5.41, 5.74) is 2.37. The maximum absolute atomic E-state index is 12.2. The lowest BCUT2D eigenvalue weighted by molar-refractivity contribution is -0.123. The molecule has 3 aromatic rings. The normalized spacial score (nSPS) is 10.7. The molecule has 0 fully saturated rings. The third-order valence-electron chi connectivity index (χ3n) is 4.20. The van der Waals surface area contributed by atoms with Crippen molar-refractivity contribution in [2.75, 3.05) is 18.5 Å². The minimum Gasteiger partial charge on any atom is -0.487 e. The van der Waals surface area contributed by atoms with Crippen LogP contribution in [0.15, 0.2) is 60.0 Å². The first kappa shape index (κ1) is 23.0.